The molecule has 0 saturated carbocycles. The molecule has 2 aliphatic rings. The Morgan fingerprint density at radius 3 is 2.55 bits per heavy atom. The van der Waals surface area contributed by atoms with Gasteiger partial charge in [0, 0.05) is 36.0 Å². The fourth-order valence-corrected chi connectivity index (χ4v) is 3.51. The van der Waals surface area contributed by atoms with E-state index in [-0.39, 0.29) is 11.4 Å². The molecule has 2 heterocycles. The van der Waals surface area contributed by atoms with E-state index in [9.17, 15) is 4.79 Å². The molecule has 0 aliphatic carbocycles. The van der Waals surface area contributed by atoms with Crippen LogP contribution in [0.3, 0.4) is 0 Å². The molecule has 1 N–H and O–H groups in total. The minimum absolute atomic E-state index is 0.0146. The fraction of sp³-hybridized carbons (Fsp3) is 0.526. The molecular formula is C19H26N2O. The second-order valence-electron chi connectivity index (χ2n) is 7.14. The number of nitrogens with one attached hydrogen (secondary N) is 1. The van der Waals surface area contributed by atoms with Crippen LogP contribution in [-0.4, -0.2) is 29.4 Å². The first-order valence-electron chi connectivity index (χ1n) is 8.42. The largest absolute Gasteiger partial charge is 0.379 e. The molecule has 3 rings (SSSR count). The minimum Gasteiger partial charge on any atom is -0.379 e. The summed E-state index contributed by atoms with van der Waals surface area (Å²) >= 11 is 0. The van der Waals surface area contributed by atoms with E-state index in [1.165, 1.54) is 24.0 Å². The maximum atomic E-state index is 12.6. The van der Waals surface area contributed by atoms with Crippen LogP contribution in [0.15, 0.2) is 30.3 Å². The van der Waals surface area contributed by atoms with E-state index in [2.05, 4.69) is 37.4 Å². The monoisotopic (exact) mass is 298 g/mol. The van der Waals surface area contributed by atoms with Crippen LogP contribution in [-0.2, 0) is 11.2 Å². The molecule has 0 radical (unpaired) electrons. The van der Waals surface area contributed by atoms with Crippen molar-refractivity contribution in [2.75, 3.05) is 13.1 Å². The highest BCUT2D eigenvalue weighted by molar-refractivity contribution is 5.95. The molecule has 0 spiro atoms. The van der Waals surface area contributed by atoms with E-state index < -0.39 is 0 Å². The van der Waals surface area contributed by atoms with Gasteiger partial charge in [0.25, 0.3) is 0 Å². The van der Waals surface area contributed by atoms with Gasteiger partial charge in [0.2, 0.25) is 5.91 Å². The molecule has 3 heteroatoms. The van der Waals surface area contributed by atoms with Crippen molar-refractivity contribution in [3.8, 4) is 0 Å². The van der Waals surface area contributed by atoms with Crippen molar-refractivity contribution in [1.29, 1.82) is 0 Å². The number of hydrogen-bond donors (Lipinski definition) is 1. The van der Waals surface area contributed by atoms with Gasteiger partial charge in [-0.15, -0.1) is 0 Å². The van der Waals surface area contributed by atoms with Gasteiger partial charge in [-0.05, 0) is 38.7 Å². The zero-order chi connectivity index (χ0) is 15.6. The lowest BCUT2D eigenvalue weighted by Crippen LogP contribution is -2.44. The third-order valence-electron chi connectivity index (χ3n) is 4.60. The van der Waals surface area contributed by atoms with E-state index in [1.54, 1.807) is 0 Å². The van der Waals surface area contributed by atoms with E-state index >= 15 is 0 Å². The van der Waals surface area contributed by atoms with Gasteiger partial charge in [0.15, 0.2) is 0 Å². The topological polar surface area (TPSA) is 32.3 Å². The van der Waals surface area contributed by atoms with Crippen molar-refractivity contribution < 1.29 is 4.79 Å². The summed E-state index contributed by atoms with van der Waals surface area (Å²) in [5.74, 6) is 0.150. The molecule has 3 nitrogen and oxygen atoms in total. The predicted octanol–water partition coefficient (Wildman–Crippen LogP) is 3.35. The van der Waals surface area contributed by atoms with Crippen LogP contribution in [0.5, 0.6) is 0 Å². The normalized spacial score (nSPS) is 22.6. The van der Waals surface area contributed by atoms with Crippen LogP contribution in [0.1, 0.15) is 50.7 Å². The SMILES string of the molecule is CC1(C)Cc2ccccc2/C(=C/C(=O)N2CCCCCC2)N1. The maximum Gasteiger partial charge on any atom is 0.248 e. The average Bonchev–Trinajstić information content (AvgIpc) is 2.75. The molecule has 1 aromatic carbocycles. The molecule has 0 atom stereocenters. The molecule has 118 valence electrons. The van der Waals surface area contributed by atoms with Crippen molar-refractivity contribution in [3.63, 3.8) is 0 Å². The summed E-state index contributed by atoms with van der Waals surface area (Å²) in [5, 5.41) is 3.55. The summed E-state index contributed by atoms with van der Waals surface area (Å²) in [6.45, 7) is 6.17. The third kappa shape index (κ3) is 3.34. The molecule has 1 fully saturated rings. The first kappa shape index (κ1) is 15.1. The Morgan fingerprint density at radius 1 is 1.14 bits per heavy atom. The van der Waals surface area contributed by atoms with Crippen LogP contribution in [0.2, 0.25) is 0 Å². The summed E-state index contributed by atoms with van der Waals surface area (Å²) in [5.41, 5.74) is 3.45. The number of benzene rings is 1. The molecule has 0 aromatic heterocycles. The van der Waals surface area contributed by atoms with Crippen LogP contribution >= 0.6 is 0 Å². The Labute approximate surface area is 133 Å². The van der Waals surface area contributed by atoms with Gasteiger partial charge in [0.1, 0.15) is 0 Å². The summed E-state index contributed by atoms with van der Waals surface area (Å²) in [6, 6.07) is 8.40. The first-order chi connectivity index (χ1) is 10.6. The maximum absolute atomic E-state index is 12.6. The molecule has 1 aromatic rings. The fourth-order valence-electron chi connectivity index (χ4n) is 3.51. The minimum atomic E-state index is -0.0146. The first-order valence-corrected chi connectivity index (χ1v) is 8.42. The molecule has 2 aliphatic heterocycles. The number of amides is 1. The molecule has 0 unspecified atom stereocenters. The van der Waals surface area contributed by atoms with Gasteiger partial charge in [-0.2, -0.15) is 0 Å². The van der Waals surface area contributed by atoms with Gasteiger partial charge in [-0.1, -0.05) is 37.1 Å². The highest BCUT2D eigenvalue weighted by Gasteiger charge is 2.28. The quantitative estimate of drug-likeness (QED) is 0.806. The number of rotatable bonds is 1. The second kappa shape index (κ2) is 6.15. The Hall–Kier alpha value is -1.77. The van der Waals surface area contributed by atoms with Crippen molar-refractivity contribution in [2.45, 2.75) is 51.5 Å². The summed E-state index contributed by atoms with van der Waals surface area (Å²) in [6.07, 6.45) is 7.54. The van der Waals surface area contributed by atoms with E-state index in [4.69, 9.17) is 0 Å². The molecule has 0 bridgehead atoms. The lowest BCUT2D eigenvalue weighted by molar-refractivity contribution is -0.125. The Bertz CT molecular complexity index is 581. The summed E-state index contributed by atoms with van der Waals surface area (Å²) in [4.78, 5) is 14.7. The average molecular weight is 298 g/mol. The van der Waals surface area contributed by atoms with Crippen molar-refractivity contribution in [2.24, 2.45) is 0 Å². The van der Waals surface area contributed by atoms with E-state index in [0.717, 1.165) is 38.0 Å². The highest BCUT2D eigenvalue weighted by Crippen LogP contribution is 2.29. The van der Waals surface area contributed by atoms with E-state index in [1.807, 2.05) is 17.0 Å². The molecular weight excluding hydrogens is 272 g/mol. The lowest BCUT2D eigenvalue weighted by Gasteiger charge is -2.35. The molecule has 22 heavy (non-hydrogen) atoms. The number of carbonyl (C=O) groups excluding carboxylic acids is 1. The smallest absolute Gasteiger partial charge is 0.248 e. The highest BCUT2D eigenvalue weighted by atomic mass is 16.2. The van der Waals surface area contributed by atoms with Crippen LogP contribution in [0, 0.1) is 0 Å². The van der Waals surface area contributed by atoms with Gasteiger partial charge in [0.05, 0.1) is 0 Å². The number of fused-ring (bicyclic) bond motifs is 1. The van der Waals surface area contributed by atoms with Crippen LogP contribution in [0.4, 0.5) is 0 Å². The summed E-state index contributed by atoms with van der Waals surface area (Å²) < 4.78 is 0. The summed E-state index contributed by atoms with van der Waals surface area (Å²) in [7, 11) is 0. The van der Waals surface area contributed by atoms with Gasteiger partial charge < -0.3 is 10.2 Å². The number of nitrogens with zero attached hydrogens (tertiary/aromatic N) is 1. The Balaban J connectivity index is 1.87. The lowest BCUT2D eigenvalue weighted by atomic mass is 9.86. The van der Waals surface area contributed by atoms with Crippen molar-refractivity contribution in [1.82, 2.24) is 10.2 Å². The van der Waals surface area contributed by atoms with Crippen molar-refractivity contribution >= 4 is 11.6 Å². The standard InChI is InChI=1S/C19H26N2O/c1-19(2)14-15-9-5-6-10-16(15)17(20-19)13-18(22)21-11-7-3-4-8-12-21/h5-6,9-10,13,20H,3-4,7-8,11-12,14H2,1-2H3/b17-13-. The molecule has 1 saturated heterocycles. The van der Waals surface area contributed by atoms with Gasteiger partial charge >= 0.3 is 0 Å². The van der Waals surface area contributed by atoms with Crippen molar-refractivity contribution in [3.05, 3.63) is 41.5 Å². The number of likely N-dealkylation sites (tertiary alicyclic amines) is 1. The van der Waals surface area contributed by atoms with E-state index in [0.29, 0.717) is 0 Å². The third-order valence-corrected chi connectivity index (χ3v) is 4.60. The second-order valence-corrected chi connectivity index (χ2v) is 7.14. The Kier molecular flexibility index (Phi) is 4.23. The number of hydrogen-bond acceptors (Lipinski definition) is 2. The van der Waals surface area contributed by atoms with Crippen LogP contribution < -0.4 is 5.32 Å². The zero-order valence-corrected chi connectivity index (χ0v) is 13.7. The molecule has 1 amide bonds. The number of carbonyl (C=O) groups is 1. The van der Waals surface area contributed by atoms with Crippen LogP contribution in [0.25, 0.3) is 5.70 Å². The zero-order valence-electron chi connectivity index (χ0n) is 13.7. The van der Waals surface area contributed by atoms with Gasteiger partial charge in [-0.3, -0.25) is 4.79 Å². The predicted molar refractivity (Wildman–Crippen MR) is 90.4 cm³/mol. The van der Waals surface area contributed by atoms with Gasteiger partial charge in [-0.25, -0.2) is 0 Å². The Morgan fingerprint density at radius 2 is 1.82 bits per heavy atom.